The molecular formula is C6H13NO3S. The van der Waals surface area contributed by atoms with Crippen molar-refractivity contribution in [2.45, 2.75) is 13.3 Å². The van der Waals surface area contributed by atoms with E-state index in [1.54, 1.807) is 0 Å². The lowest BCUT2D eigenvalue weighted by molar-refractivity contribution is 0.158. The molecule has 1 amide bonds. The van der Waals surface area contributed by atoms with E-state index in [1.165, 1.54) is 12.5 Å². The molecule has 0 aromatic carbocycles. The molecule has 0 aromatic rings. The van der Waals surface area contributed by atoms with Gasteiger partial charge in [0.25, 0.3) is 0 Å². The summed E-state index contributed by atoms with van der Waals surface area (Å²) in [7, 11) is -2.35. The number of ether oxygens (including phenoxy) is 1. The van der Waals surface area contributed by atoms with Gasteiger partial charge < -0.3 is 4.74 Å². The predicted octanol–water partition coefficient (Wildman–Crippen LogP) is 1.26. The molecule has 0 spiro atoms. The number of hydrogen-bond donors (Lipinski definition) is 0. The molecule has 0 saturated carbocycles. The standard InChI is InChI=1S/C6H13NO3S/c1-4-5-10-6(8)7-11(2,3)9/h4-5H2,1-3H3. The van der Waals surface area contributed by atoms with Gasteiger partial charge in [0.2, 0.25) is 0 Å². The topological polar surface area (TPSA) is 55.7 Å². The van der Waals surface area contributed by atoms with E-state index in [0.717, 1.165) is 6.42 Å². The lowest BCUT2D eigenvalue weighted by Gasteiger charge is -1.97. The van der Waals surface area contributed by atoms with Crippen LogP contribution in [0.1, 0.15) is 13.3 Å². The molecule has 0 aliphatic rings. The molecule has 0 rings (SSSR count). The van der Waals surface area contributed by atoms with E-state index < -0.39 is 15.8 Å². The Morgan fingerprint density at radius 2 is 2.09 bits per heavy atom. The van der Waals surface area contributed by atoms with Gasteiger partial charge >= 0.3 is 6.09 Å². The van der Waals surface area contributed by atoms with E-state index in [4.69, 9.17) is 0 Å². The van der Waals surface area contributed by atoms with Crippen molar-refractivity contribution < 1.29 is 13.7 Å². The van der Waals surface area contributed by atoms with Gasteiger partial charge in [0.05, 0.1) is 16.3 Å². The summed E-state index contributed by atoms with van der Waals surface area (Å²) in [6.45, 7) is 2.21. The van der Waals surface area contributed by atoms with Crippen LogP contribution < -0.4 is 0 Å². The Bertz CT molecular complexity index is 232. The van der Waals surface area contributed by atoms with Crippen LogP contribution in [-0.2, 0) is 14.5 Å². The Morgan fingerprint density at radius 1 is 1.55 bits per heavy atom. The fraction of sp³-hybridized carbons (Fsp3) is 0.833. The maximum atomic E-state index is 10.9. The van der Waals surface area contributed by atoms with E-state index in [9.17, 15) is 9.00 Å². The fourth-order valence-electron chi connectivity index (χ4n) is 0.395. The Kier molecular flexibility index (Phi) is 4.10. The molecule has 0 fully saturated rings. The smallest absolute Gasteiger partial charge is 0.441 e. The molecule has 0 atom stereocenters. The van der Waals surface area contributed by atoms with Crippen LogP contribution in [0.4, 0.5) is 4.79 Å². The summed E-state index contributed by atoms with van der Waals surface area (Å²) in [5.41, 5.74) is 0. The number of amides is 1. The highest BCUT2D eigenvalue weighted by molar-refractivity contribution is 7.92. The Labute approximate surface area is 67.1 Å². The van der Waals surface area contributed by atoms with Gasteiger partial charge in [-0.05, 0) is 6.42 Å². The second kappa shape index (κ2) is 4.33. The lowest BCUT2D eigenvalue weighted by atomic mass is 10.5. The van der Waals surface area contributed by atoms with Crippen LogP contribution in [0.3, 0.4) is 0 Å². The first kappa shape index (κ1) is 10.4. The van der Waals surface area contributed by atoms with Gasteiger partial charge in [0.15, 0.2) is 0 Å². The van der Waals surface area contributed by atoms with Crippen molar-refractivity contribution in [1.82, 2.24) is 0 Å². The zero-order valence-corrected chi connectivity index (χ0v) is 7.81. The molecule has 0 radical (unpaired) electrons. The van der Waals surface area contributed by atoms with Gasteiger partial charge in [0, 0.05) is 12.5 Å². The maximum absolute atomic E-state index is 10.9. The molecule has 0 aliphatic carbocycles. The summed E-state index contributed by atoms with van der Waals surface area (Å²) in [5, 5.41) is 0. The van der Waals surface area contributed by atoms with Gasteiger partial charge in [0.1, 0.15) is 0 Å². The first-order chi connectivity index (χ1) is 4.95. The number of carbonyl (C=O) groups excluding carboxylic acids is 1. The molecule has 4 nitrogen and oxygen atoms in total. The summed E-state index contributed by atoms with van der Waals surface area (Å²) in [5.74, 6) is 0. The highest BCUT2D eigenvalue weighted by atomic mass is 32.2. The van der Waals surface area contributed by atoms with Crippen molar-refractivity contribution in [3.8, 4) is 0 Å². The monoisotopic (exact) mass is 179 g/mol. The number of carbonyl (C=O) groups is 1. The molecule has 0 bridgehead atoms. The van der Waals surface area contributed by atoms with E-state index in [0.29, 0.717) is 6.61 Å². The van der Waals surface area contributed by atoms with Crippen molar-refractivity contribution in [1.29, 1.82) is 0 Å². The zero-order valence-electron chi connectivity index (χ0n) is 6.99. The van der Waals surface area contributed by atoms with Gasteiger partial charge in [-0.15, -0.1) is 4.36 Å². The Balaban J connectivity index is 3.99. The average Bonchev–Trinajstić information content (AvgIpc) is 1.79. The second-order valence-corrected chi connectivity index (χ2v) is 4.93. The van der Waals surface area contributed by atoms with Crippen LogP contribution in [0.15, 0.2) is 4.36 Å². The van der Waals surface area contributed by atoms with Crippen molar-refractivity contribution >= 4 is 15.8 Å². The molecule has 0 saturated heterocycles. The molecule has 0 heterocycles. The summed E-state index contributed by atoms with van der Waals surface area (Å²) in [4.78, 5) is 10.6. The van der Waals surface area contributed by atoms with Crippen molar-refractivity contribution in [3.05, 3.63) is 0 Å². The van der Waals surface area contributed by atoms with Crippen LogP contribution >= 0.6 is 0 Å². The molecule has 0 N–H and O–H groups in total. The minimum Gasteiger partial charge on any atom is -0.448 e. The quantitative estimate of drug-likeness (QED) is 0.641. The van der Waals surface area contributed by atoms with Crippen LogP contribution in [0, 0.1) is 0 Å². The third kappa shape index (κ3) is 7.32. The van der Waals surface area contributed by atoms with Crippen LogP contribution in [-0.4, -0.2) is 29.4 Å². The van der Waals surface area contributed by atoms with E-state index in [-0.39, 0.29) is 0 Å². The molecule has 11 heavy (non-hydrogen) atoms. The Hall–Kier alpha value is -0.580. The van der Waals surface area contributed by atoms with Gasteiger partial charge in [-0.1, -0.05) is 6.92 Å². The normalized spacial score (nSPS) is 10.8. The van der Waals surface area contributed by atoms with E-state index >= 15 is 0 Å². The second-order valence-electron chi connectivity index (χ2n) is 2.39. The van der Waals surface area contributed by atoms with Crippen molar-refractivity contribution in [2.75, 3.05) is 19.1 Å². The van der Waals surface area contributed by atoms with Crippen molar-refractivity contribution in [3.63, 3.8) is 0 Å². The van der Waals surface area contributed by atoms with Gasteiger partial charge in [-0.3, -0.25) is 0 Å². The fourth-order valence-corrected chi connectivity index (χ4v) is 0.807. The summed E-state index contributed by atoms with van der Waals surface area (Å²) in [6, 6.07) is 0. The van der Waals surface area contributed by atoms with Crippen LogP contribution in [0.2, 0.25) is 0 Å². The summed E-state index contributed by atoms with van der Waals surface area (Å²) >= 11 is 0. The lowest BCUT2D eigenvalue weighted by Crippen LogP contribution is -2.03. The van der Waals surface area contributed by atoms with Crippen molar-refractivity contribution in [2.24, 2.45) is 4.36 Å². The van der Waals surface area contributed by atoms with Crippen LogP contribution in [0.5, 0.6) is 0 Å². The third-order valence-corrected chi connectivity index (χ3v) is 1.31. The number of hydrogen-bond acceptors (Lipinski definition) is 3. The summed E-state index contributed by atoms with van der Waals surface area (Å²) in [6.07, 6.45) is 2.79. The molecule has 0 aromatic heterocycles. The SMILES string of the molecule is CCCOC(=O)N=S(C)(C)=O. The van der Waals surface area contributed by atoms with E-state index in [2.05, 4.69) is 9.10 Å². The minimum absolute atomic E-state index is 0.331. The number of rotatable bonds is 2. The van der Waals surface area contributed by atoms with Gasteiger partial charge in [-0.25, -0.2) is 9.00 Å². The van der Waals surface area contributed by atoms with Gasteiger partial charge in [-0.2, -0.15) is 0 Å². The highest BCUT2D eigenvalue weighted by Crippen LogP contribution is 1.91. The zero-order chi connectivity index (χ0) is 8.91. The average molecular weight is 179 g/mol. The minimum atomic E-state index is -2.35. The predicted molar refractivity (Wildman–Crippen MR) is 44.1 cm³/mol. The Morgan fingerprint density at radius 3 is 2.45 bits per heavy atom. The maximum Gasteiger partial charge on any atom is 0.441 e. The summed E-state index contributed by atoms with van der Waals surface area (Å²) < 4.78 is 18.8. The molecule has 0 aliphatic heterocycles. The van der Waals surface area contributed by atoms with E-state index in [1.807, 2.05) is 6.92 Å². The van der Waals surface area contributed by atoms with Crippen LogP contribution in [0.25, 0.3) is 0 Å². The third-order valence-electron chi connectivity index (χ3n) is 0.724. The first-order valence-electron chi connectivity index (χ1n) is 3.29. The highest BCUT2D eigenvalue weighted by Gasteiger charge is 2.00. The first-order valence-corrected chi connectivity index (χ1v) is 5.62. The molecule has 66 valence electrons. The molecule has 0 unspecified atom stereocenters. The largest absolute Gasteiger partial charge is 0.448 e. The molecule has 5 heteroatoms. The molecular weight excluding hydrogens is 166 g/mol. The number of nitrogens with zero attached hydrogens (tertiary/aromatic N) is 1.